The molecule has 0 spiro atoms. The summed E-state index contributed by atoms with van der Waals surface area (Å²) in [5.41, 5.74) is 6.41. The van der Waals surface area contributed by atoms with Gasteiger partial charge in [0.1, 0.15) is 0 Å². The van der Waals surface area contributed by atoms with Crippen molar-refractivity contribution in [1.82, 2.24) is 16.2 Å². The Morgan fingerprint density at radius 2 is 1.86 bits per heavy atom. The van der Waals surface area contributed by atoms with Crippen LogP contribution in [-0.2, 0) is 4.79 Å². The number of rotatable bonds is 5. The molecule has 0 aliphatic carbocycles. The number of aryl methyl sites for hydroxylation is 1. The van der Waals surface area contributed by atoms with Gasteiger partial charge in [0, 0.05) is 12.0 Å². The molecule has 0 radical (unpaired) electrons. The highest BCUT2D eigenvalue weighted by atomic mass is 32.1. The van der Waals surface area contributed by atoms with Gasteiger partial charge in [0.15, 0.2) is 5.11 Å². The Kier molecular flexibility index (Phi) is 7.39. The van der Waals surface area contributed by atoms with Gasteiger partial charge in [-0.15, -0.1) is 0 Å². The van der Waals surface area contributed by atoms with Crippen molar-refractivity contribution < 1.29 is 9.59 Å². The first kappa shape index (κ1) is 17.1. The summed E-state index contributed by atoms with van der Waals surface area (Å²) < 4.78 is 0. The number of nitrogens with one attached hydrogen (secondary N) is 3. The summed E-state index contributed by atoms with van der Waals surface area (Å²) in [4.78, 5) is 23.5. The molecule has 0 bridgehead atoms. The molecule has 1 aromatic rings. The Balaban J connectivity index is 2.35. The minimum Gasteiger partial charge on any atom is -0.298 e. The second-order valence-corrected chi connectivity index (χ2v) is 5.14. The summed E-state index contributed by atoms with van der Waals surface area (Å²) in [5.74, 6) is -0.443. The topological polar surface area (TPSA) is 70.2 Å². The van der Waals surface area contributed by atoms with Gasteiger partial charge < -0.3 is 0 Å². The molecule has 0 unspecified atom stereocenters. The molecule has 114 valence electrons. The second kappa shape index (κ2) is 9.07. The molecule has 1 rings (SSSR count). The minimum absolute atomic E-state index is 0.0760. The predicted molar refractivity (Wildman–Crippen MR) is 86.7 cm³/mol. The van der Waals surface area contributed by atoms with Gasteiger partial charge in [-0.1, -0.05) is 38.0 Å². The van der Waals surface area contributed by atoms with E-state index in [1.54, 1.807) is 12.1 Å². The van der Waals surface area contributed by atoms with Gasteiger partial charge in [0.05, 0.1) is 0 Å². The number of carbonyl (C=O) groups excluding carboxylic acids is 2. The molecule has 2 amide bonds. The predicted octanol–water partition coefficient (Wildman–Crippen LogP) is 2.21. The fraction of sp³-hybridized carbons (Fsp3) is 0.400. The van der Waals surface area contributed by atoms with Crippen LogP contribution in [0, 0.1) is 6.92 Å². The Labute approximate surface area is 130 Å². The number of hydrazine groups is 1. The van der Waals surface area contributed by atoms with Crippen LogP contribution in [0.2, 0.25) is 0 Å². The zero-order valence-corrected chi connectivity index (χ0v) is 13.2. The lowest BCUT2D eigenvalue weighted by Gasteiger charge is -2.11. The van der Waals surface area contributed by atoms with E-state index in [0.29, 0.717) is 12.0 Å². The van der Waals surface area contributed by atoms with Crippen LogP contribution >= 0.6 is 12.2 Å². The number of thiocarbonyl (C=S) groups is 1. The first-order chi connectivity index (χ1) is 10.0. The van der Waals surface area contributed by atoms with E-state index in [2.05, 4.69) is 23.1 Å². The smallest absolute Gasteiger partial charge is 0.257 e. The van der Waals surface area contributed by atoms with E-state index in [4.69, 9.17) is 12.2 Å². The van der Waals surface area contributed by atoms with Crippen LogP contribution in [0.1, 0.15) is 48.5 Å². The maximum absolute atomic E-state index is 12.0. The fourth-order valence-electron chi connectivity index (χ4n) is 1.75. The summed E-state index contributed by atoms with van der Waals surface area (Å²) in [6.45, 7) is 3.92. The highest BCUT2D eigenvalue weighted by molar-refractivity contribution is 7.80. The van der Waals surface area contributed by atoms with E-state index < -0.39 is 0 Å². The van der Waals surface area contributed by atoms with Crippen LogP contribution in [0.15, 0.2) is 24.3 Å². The molecule has 5 nitrogen and oxygen atoms in total. The lowest BCUT2D eigenvalue weighted by molar-refractivity contribution is -0.121. The number of unbranched alkanes of at least 4 members (excludes halogenated alkanes) is 2. The molecule has 0 aliphatic heterocycles. The van der Waals surface area contributed by atoms with E-state index in [1.165, 1.54) is 0 Å². The van der Waals surface area contributed by atoms with Crippen LogP contribution in [0.5, 0.6) is 0 Å². The molecule has 6 heteroatoms. The van der Waals surface area contributed by atoms with Crippen molar-refractivity contribution in [2.24, 2.45) is 0 Å². The molecule has 0 fully saturated rings. The molecule has 3 N–H and O–H groups in total. The molecule has 0 aromatic heterocycles. The van der Waals surface area contributed by atoms with Gasteiger partial charge in [-0.25, -0.2) is 0 Å². The fourth-order valence-corrected chi connectivity index (χ4v) is 1.90. The van der Waals surface area contributed by atoms with Crippen LogP contribution in [0.3, 0.4) is 0 Å². The summed E-state index contributed by atoms with van der Waals surface area (Å²) in [6.07, 6.45) is 3.36. The number of carbonyl (C=O) groups is 2. The average molecular weight is 307 g/mol. The third-order valence-corrected chi connectivity index (χ3v) is 3.14. The van der Waals surface area contributed by atoms with Crippen molar-refractivity contribution in [3.8, 4) is 0 Å². The number of benzene rings is 1. The molecule has 0 aliphatic rings. The van der Waals surface area contributed by atoms with Crippen LogP contribution in [0.4, 0.5) is 0 Å². The summed E-state index contributed by atoms with van der Waals surface area (Å²) >= 11 is 4.97. The Hall–Kier alpha value is -1.95. The Morgan fingerprint density at radius 1 is 1.14 bits per heavy atom. The Bertz CT molecular complexity index is 517. The SMILES string of the molecule is CCCCCC(=O)NNC(=S)NC(=O)c1ccccc1C. The van der Waals surface area contributed by atoms with E-state index in [9.17, 15) is 9.59 Å². The molecular formula is C15H21N3O2S. The lowest BCUT2D eigenvalue weighted by Crippen LogP contribution is -2.48. The van der Waals surface area contributed by atoms with Gasteiger partial charge in [-0.2, -0.15) is 0 Å². The monoisotopic (exact) mass is 307 g/mol. The third kappa shape index (κ3) is 6.35. The first-order valence-corrected chi connectivity index (χ1v) is 7.41. The largest absolute Gasteiger partial charge is 0.298 e. The van der Waals surface area contributed by atoms with Gasteiger partial charge in [-0.3, -0.25) is 25.8 Å². The molecule has 21 heavy (non-hydrogen) atoms. The maximum atomic E-state index is 12.0. The molecule has 0 atom stereocenters. The van der Waals surface area contributed by atoms with Crippen LogP contribution in [0.25, 0.3) is 0 Å². The summed E-state index contributed by atoms with van der Waals surface area (Å²) in [6, 6.07) is 7.21. The van der Waals surface area contributed by atoms with E-state index in [-0.39, 0.29) is 16.9 Å². The quantitative estimate of drug-likeness (QED) is 0.443. The van der Waals surface area contributed by atoms with Crippen molar-refractivity contribution in [3.05, 3.63) is 35.4 Å². The summed E-state index contributed by atoms with van der Waals surface area (Å²) in [5, 5.41) is 2.60. The normalized spacial score (nSPS) is 9.81. The highest BCUT2D eigenvalue weighted by Crippen LogP contribution is 2.06. The van der Waals surface area contributed by atoms with Crippen molar-refractivity contribution in [2.45, 2.75) is 39.5 Å². The van der Waals surface area contributed by atoms with Crippen molar-refractivity contribution in [3.63, 3.8) is 0 Å². The van der Waals surface area contributed by atoms with Gasteiger partial charge in [0.2, 0.25) is 5.91 Å². The average Bonchev–Trinajstić information content (AvgIpc) is 2.46. The zero-order chi connectivity index (χ0) is 15.7. The van der Waals surface area contributed by atoms with Crippen LogP contribution in [-0.4, -0.2) is 16.9 Å². The number of amides is 2. The van der Waals surface area contributed by atoms with E-state index in [0.717, 1.165) is 24.8 Å². The summed E-state index contributed by atoms with van der Waals surface area (Å²) in [7, 11) is 0. The van der Waals surface area contributed by atoms with Crippen molar-refractivity contribution in [2.75, 3.05) is 0 Å². The minimum atomic E-state index is -0.300. The number of hydrogen-bond donors (Lipinski definition) is 3. The third-order valence-electron chi connectivity index (χ3n) is 2.94. The van der Waals surface area contributed by atoms with Crippen LogP contribution < -0.4 is 16.2 Å². The lowest BCUT2D eigenvalue weighted by atomic mass is 10.1. The maximum Gasteiger partial charge on any atom is 0.257 e. The molecule has 0 saturated heterocycles. The first-order valence-electron chi connectivity index (χ1n) is 7.00. The second-order valence-electron chi connectivity index (χ2n) is 4.73. The standard InChI is InChI=1S/C15H21N3O2S/c1-3-4-5-10-13(19)17-18-15(21)16-14(20)12-9-7-6-8-11(12)2/h6-9H,3-5,10H2,1-2H3,(H,17,19)(H2,16,18,20,21). The highest BCUT2D eigenvalue weighted by Gasteiger charge is 2.10. The number of hydrogen-bond acceptors (Lipinski definition) is 3. The molecule has 0 heterocycles. The molecule has 0 saturated carbocycles. The molecular weight excluding hydrogens is 286 g/mol. The Morgan fingerprint density at radius 3 is 2.52 bits per heavy atom. The van der Waals surface area contributed by atoms with Crippen molar-refractivity contribution in [1.29, 1.82) is 0 Å². The van der Waals surface area contributed by atoms with Gasteiger partial charge >= 0.3 is 0 Å². The van der Waals surface area contributed by atoms with Crippen molar-refractivity contribution >= 4 is 29.1 Å². The van der Waals surface area contributed by atoms with E-state index >= 15 is 0 Å². The molecule has 1 aromatic carbocycles. The van der Waals surface area contributed by atoms with Gasteiger partial charge in [0.25, 0.3) is 5.91 Å². The zero-order valence-electron chi connectivity index (χ0n) is 12.4. The van der Waals surface area contributed by atoms with Gasteiger partial charge in [-0.05, 0) is 37.2 Å². The van der Waals surface area contributed by atoms with E-state index in [1.807, 2.05) is 19.1 Å².